The molecule has 0 radical (unpaired) electrons. The molecule has 2 nitrogen and oxygen atoms in total. The highest BCUT2D eigenvalue weighted by atomic mass is 16.4. The summed E-state index contributed by atoms with van der Waals surface area (Å²) in [6.45, 7) is 2.28. The Kier molecular flexibility index (Phi) is 22.8. The molecular formula is C28H42O2. The van der Waals surface area contributed by atoms with E-state index in [1.807, 2.05) is 42.5 Å². The van der Waals surface area contributed by atoms with Crippen LogP contribution in [0, 0.1) is 0 Å². The van der Waals surface area contributed by atoms with Gasteiger partial charge in [0.05, 0.1) is 0 Å². The quantitative estimate of drug-likeness (QED) is 0.131. The van der Waals surface area contributed by atoms with Gasteiger partial charge in [0.15, 0.2) is 0 Å². The maximum Gasteiger partial charge on any atom is 0.328 e. The van der Waals surface area contributed by atoms with Gasteiger partial charge in [-0.3, -0.25) is 0 Å². The standard InChI is InChI=1S/C28H42O2/c1-2-3-4-5-6-7-8-9-10-11-12-13-14-15-16-17-18-19-20-21-22-23-24-25-26-27-28(29)30/h14-27H,2-13H2,1H3,(H,29,30). The fourth-order valence-corrected chi connectivity index (χ4v) is 2.88. The van der Waals surface area contributed by atoms with Crippen molar-refractivity contribution in [2.24, 2.45) is 0 Å². The zero-order valence-electron chi connectivity index (χ0n) is 18.9. The zero-order chi connectivity index (χ0) is 22.0. The third-order valence-corrected chi connectivity index (χ3v) is 4.57. The number of hydrogen-bond acceptors (Lipinski definition) is 1. The number of allylic oxidation sites excluding steroid dienone is 13. The molecule has 0 aromatic rings. The Bertz CT molecular complexity index is 586. The van der Waals surface area contributed by atoms with Crippen molar-refractivity contribution < 1.29 is 9.90 Å². The van der Waals surface area contributed by atoms with Crippen molar-refractivity contribution in [3.63, 3.8) is 0 Å². The number of carboxylic acids is 1. The van der Waals surface area contributed by atoms with E-state index in [1.54, 1.807) is 12.2 Å². The average Bonchev–Trinajstić information content (AvgIpc) is 2.73. The number of carboxylic acid groups (broad SMARTS) is 1. The van der Waals surface area contributed by atoms with Crippen molar-refractivity contribution in [1.29, 1.82) is 0 Å². The van der Waals surface area contributed by atoms with Crippen LogP contribution in [0.15, 0.2) is 85.1 Å². The van der Waals surface area contributed by atoms with Gasteiger partial charge in [0.25, 0.3) is 0 Å². The van der Waals surface area contributed by atoms with Crippen LogP contribution < -0.4 is 0 Å². The van der Waals surface area contributed by atoms with E-state index < -0.39 is 5.97 Å². The molecule has 2 heteroatoms. The van der Waals surface area contributed by atoms with Gasteiger partial charge in [0.1, 0.15) is 0 Å². The average molecular weight is 411 g/mol. The van der Waals surface area contributed by atoms with E-state index in [9.17, 15) is 4.79 Å². The van der Waals surface area contributed by atoms with Crippen LogP contribution in [-0.4, -0.2) is 11.1 Å². The molecular weight excluding hydrogens is 368 g/mol. The minimum Gasteiger partial charge on any atom is -0.478 e. The summed E-state index contributed by atoms with van der Waals surface area (Å²) in [5.74, 6) is -0.939. The highest BCUT2D eigenvalue weighted by Gasteiger charge is 1.92. The molecule has 0 aromatic carbocycles. The van der Waals surface area contributed by atoms with Gasteiger partial charge in [0.2, 0.25) is 0 Å². The van der Waals surface area contributed by atoms with Crippen molar-refractivity contribution in [3.05, 3.63) is 85.1 Å². The summed E-state index contributed by atoms with van der Waals surface area (Å²) in [7, 11) is 0. The van der Waals surface area contributed by atoms with Gasteiger partial charge in [-0.15, -0.1) is 0 Å². The van der Waals surface area contributed by atoms with Crippen LogP contribution in [0.5, 0.6) is 0 Å². The van der Waals surface area contributed by atoms with Gasteiger partial charge in [-0.05, 0) is 12.8 Å². The lowest BCUT2D eigenvalue weighted by Crippen LogP contribution is -1.84. The lowest BCUT2D eigenvalue weighted by molar-refractivity contribution is -0.131. The molecule has 0 rings (SSSR count). The van der Waals surface area contributed by atoms with Gasteiger partial charge < -0.3 is 5.11 Å². The van der Waals surface area contributed by atoms with Gasteiger partial charge >= 0.3 is 5.97 Å². The van der Waals surface area contributed by atoms with E-state index in [4.69, 9.17) is 5.11 Å². The van der Waals surface area contributed by atoms with Crippen LogP contribution in [0.4, 0.5) is 0 Å². The normalized spacial score (nSPS) is 13.1. The van der Waals surface area contributed by atoms with Crippen LogP contribution in [0.2, 0.25) is 0 Å². The van der Waals surface area contributed by atoms with Gasteiger partial charge in [-0.1, -0.05) is 150 Å². The summed E-state index contributed by atoms with van der Waals surface area (Å²) in [4.78, 5) is 10.3. The van der Waals surface area contributed by atoms with E-state index in [-0.39, 0.29) is 0 Å². The second-order valence-corrected chi connectivity index (χ2v) is 7.37. The van der Waals surface area contributed by atoms with Gasteiger partial charge in [-0.25, -0.2) is 4.79 Å². The first kappa shape index (κ1) is 27.6. The molecule has 0 heterocycles. The van der Waals surface area contributed by atoms with Crippen molar-refractivity contribution in [2.75, 3.05) is 0 Å². The lowest BCUT2D eigenvalue weighted by Gasteiger charge is -2.01. The lowest BCUT2D eigenvalue weighted by atomic mass is 10.1. The monoisotopic (exact) mass is 410 g/mol. The van der Waals surface area contributed by atoms with Crippen molar-refractivity contribution >= 4 is 5.97 Å². The molecule has 0 aliphatic rings. The van der Waals surface area contributed by atoms with E-state index >= 15 is 0 Å². The number of rotatable bonds is 19. The third kappa shape index (κ3) is 25.6. The Morgan fingerprint density at radius 3 is 1.33 bits per heavy atom. The first-order chi connectivity index (χ1) is 14.8. The van der Waals surface area contributed by atoms with E-state index in [2.05, 4.69) is 25.2 Å². The molecule has 0 bridgehead atoms. The third-order valence-electron chi connectivity index (χ3n) is 4.57. The van der Waals surface area contributed by atoms with Gasteiger partial charge in [-0.2, -0.15) is 0 Å². The van der Waals surface area contributed by atoms with Crippen molar-refractivity contribution in [3.8, 4) is 0 Å². The Labute approximate surface area is 185 Å². The van der Waals surface area contributed by atoms with E-state index in [0.29, 0.717) is 0 Å². The first-order valence-corrected chi connectivity index (χ1v) is 11.7. The second-order valence-electron chi connectivity index (χ2n) is 7.37. The van der Waals surface area contributed by atoms with Crippen LogP contribution in [0.3, 0.4) is 0 Å². The summed E-state index contributed by atoms with van der Waals surface area (Å²) in [6.07, 6.45) is 42.6. The molecule has 0 saturated carbocycles. The molecule has 0 amide bonds. The Hall–Kier alpha value is -2.35. The second kappa shape index (κ2) is 24.7. The molecule has 0 atom stereocenters. The summed E-state index contributed by atoms with van der Waals surface area (Å²) in [6, 6.07) is 0. The predicted molar refractivity (Wildman–Crippen MR) is 133 cm³/mol. The first-order valence-electron chi connectivity index (χ1n) is 11.7. The fraction of sp³-hybridized carbons (Fsp3) is 0.464. The molecule has 0 aromatic heterocycles. The molecule has 0 spiro atoms. The highest BCUT2D eigenvalue weighted by Crippen LogP contribution is 2.12. The maximum absolute atomic E-state index is 10.3. The van der Waals surface area contributed by atoms with Crippen LogP contribution in [-0.2, 0) is 4.79 Å². The summed E-state index contributed by atoms with van der Waals surface area (Å²) < 4.78 is 0. The summed E-state index contributed by atoms with van der Waals surface area (Å²) >= 11 is 0. The zero-order valence-corrected chi connectivity index (χ0v) is 18.9. The molecule has 166 valence electrons. The number of aliphatic carboxylic acids is 1. The summed E-state index contributed by atoms with van der Waals surface area (Å²) in [5.41, 5.74) is 0. The number of unbranched alkanes of at least 4 members (excludes halogenated alkanes) is 11. The van der Waals surface area contributed by atoms with E-state index in [0.717, 1.165) is 6.08 Å². The molecule has 30 heavy (non-hydrogen) atoms. The smallest absolute Gasteiger partial charge is 0.328 e. The predicted octanol–water partition coefficient (Wildman–Crippen LogP) is 8.67. The Balaban J connectivity index is 3.52. The van der Waals surface area contributed by atoms with Crippen LogP contribution >= 0.6 is 0 Å². The SMILES string of the molecule is CCCCCCCCCCCCCC=CC=CC=CC=CC=CC=CC=CC(=O)O. The molecule has 0 aliphatic heterocycles. The number of hydrogen-bond donors (Lipinski definition) is 1. The van der Waals surface area contributed by atoms with Crippen LogP contribution in [0.1, 0.15) is 84.0 Å². The van der Waals surface area contributed by atoms with E-state index in [1.165, 1.54) is 83.1 Å². The fourth-order valence-electron chi connectivity index (χ4n) is 2.88. The number of carbonyl (C=O) groups is 1. The Morgan fingerprint density at radius 1 is 0.533 bits per heavy atom. The Morgan fingerprint density at radius 2 is 0.900 bits per heavy atom. The molecule has 0 fully saturated rings. The minimum atomic E-state index is -0.939. The highest BCUT2D eigenvalue weighted by molar-refractivity contribution is 5.80. The molecule has 0 saturated heterocycles. The minimum absolute atomic E-state index is 0.939. The molecule has 0 aliphatic carbocycles. The molecule has 1 N–H and O–H groups in total. The van der Waals surface area contributed by atoms with Crippen molar-refractivity contribution in [2.45, 2.75) is 84.0 Å². The largest absolute Gasteiger partial charge is 0.478 e. The maximum atomic E-state index is 10.3. The summed E-state index contributed by atoms with van der Waals surface area (Å²) in [5, 5.41) is 8.43. The molecule has 0 unspecified atom stereocenters. The topological polar surface area (TPSA) is 37.3 Å². The van der Waals surface area contributed by atoms with Crippen LogP contribution in [0.25, 0.3) is 0 Å². The van der Waals surface area contributed by atoms with Crippen molar-refractivity contribution in [1.82, 2.24) is 0 Å². The van der Waals surface area contributed by atoms with Gasteiger partial charge in [0, 0.05) is 6.08 Å².